The Labute approximate surface area is 141 Å². The van der Waals surface area contributed by atoms with Crippen LogP contribution in [-0.2, 0) is 11.2 Å². The molecule has 8 nitrogen and oxygen atoms in total. The fourth-order valence-corrected chi connectivity index (χ4v) is 2.85. The summed E-state index contributed by atoms with van der Waals surface area (Å²) < 4.78 is 0. The first-order valence-electron chi connectivity index (χ1n) is 7.34. The van der Waals surface area contributed by atoms with Gasteiger partial charge in [0.05, 0.1) is 10.5 Å². The van der Waals surface area contributed by atoms with Crippen molar-refractivity contribution < 1.29 is 24.4 Å². The lowest BCUT2D eigenvalue weighted by molar-refractivity contribution is -0.385. The fourth-order valence-electron chi connectivity index (χ4n) is 2.85. The molecule has 2 amide bonds. The number of carboxylic acids is 1. The zero-order chi connectivity index (χ0) is 18.1. The maximum absolute atomic E-state index is 12.6. The lowest BCUT2D eigenvalue weighted by Crippen LogP contribution is -2.46. The molecule has 0 aliphatic carbocycles. The van der Waals surface area contributed by atoms with Crippen LogP contribution in [0, 0.1) is 10.1 Å². The average Bonchev–Trinajstić information content (AvgIpc) is 2.85. The number of hydrogen-bond acceptors (Lipinski definition) is 5. The van der Waals surface area contributed by atoms with Crippen molar-refractivity contribution in [2.24, 2.45) is 0 Å². The molecule has 1 heterocycles. The minimum absolute atomic E-state index is 0.0879. The van der Waals surface area contributed by atoms with Gasteiger partial charge in [0.1, 0.15) is 11.6 Å². The highest BCUT2D eigenvalue weighted by molar-refractivity contribution is 6.24. The number of nitro groups is 1. The van der Waals surface area contributed by atoms with Gasteiger partial charge in [-0.25, -0.2) is 4.79 Å². The van der Waals surface area contributed by atoms with E-state index in [1.54, 1.807) is 30.3 Å². The molecule has 0 spiro atoms. The molecule has 0 bridgehead atoms. The van der Waals surface area contributed by atoms with Crippen LogP contribution in [0.2, 0.25) is 0 Å². The summed E-state index contributed by atoms with van der Waals surface area (Å²) in [7, 11) is 0. The van der Waals surface area contributed by atoms with Crippen molar-refractivity contribution in [3.8, 4) is 0 Å². The predicted molar refractivity (Wildman–Crippen MR) is 85.2 cm³/mol. The highest BCUT2D eigenvalue weighted by Crippen LogP contribution is 2.32. The Morgan fingerprint density at radius 3 is 2.36 bits per heavy atom. The largest absolute Gasteiger partial charge is 0.480 e. The van der Waals surface area contributed by atoms with E-state index in [1.807, 2.05) is 0 Å². The Morgan fingerprint density at radius 1 is 1.08 bits per heavy atom. The molecular formula is C17H12N2O6. The number of aliphatic carboxylic acids is 1. The maximum atomic E-state index is 12.6. The fraction of sp³-hybridized carbons (Fsp3) is 0.118. The van der Waals surface area contributed by atoms with Gasteiger partial charge in [-0.3, -0.25) is 24.6 Å². The third kappa shape index (κ3) is 2.74. The lowest BCUT2D eigenvalue weighted by Gasteiger charge is -2.22. The van der Waals surface area contributed by atoms with Gasteiger partial charge in [0, 0.05) is 12.5 Å². The number of fused-ring (bicyclic) bond motifs is 1. The summed E-state index contributed by atoms with van der Waals surface area (Å²) in [4.78, 5) is 47.8. The molecule has 2 aromatic rings. The molecule has 0 saturated heterocycles. The van der Waals surface area contributed by atoms with E-state index in [4.69, 9.17) is 0 Å². The van der Waals surface area contributed by atoms with Crippen LogP contribution < -0.4 is 0 Å². The molecular weight excluding hydrogens is 328 g/mol. The normalized spacial score (nSPS) is 14.3. The van der Waals surface area contributed by atoms with Gasteiger partial charge in [-0.2, -0.15) is 0 Å². The first-order valence-corrected chi connectivity index (χ1v) is 7.34. The summed E-state index contributed by atoms with van der Waals surface area (Å²) in [6, 6.07) is 10.8. The predicted octanol–water partition coefficient (Wildman–Crippen LogP) is 1.89. The molecule has 3 rings (SSSR count). The average molecular weight is 340 g/mol. The van der Waals surface area contributed by atoms with Crippen LogP contribution in [0.3, 0.4) is 0 Å². The summed E-state index contributed by atoms with van der Waals surface area (Å²) >= 11 is 0. The summed E-state index contributed by atoms with van der Waals surface area (Å²) in [6.45, 7) is 0. The Bertz CT molecular complexity index is 893. The number of nitrogens with zero attached hydrogens (tertiary/aromatic N) is 2. The number of nitro benzene ring substituents is 1. The van der Waals surface area contributed by atoms with Crippen molar-refractivity contribution in [3.05, 3.63) is 75.3 Å². The number of hydrogen-bond donors (Lipinski definition) is 1. The molecule has 0 fully saturated rings. The first-order chi connectivity index (χ1) is 11.9. The molecule has 0 saturated carbocycles. The van der Waals surface area contributed by atoms with Crippen molar-refractivity contribution in [2.75, 3.05) is 0 Å². The second-order valence-electron chi connectivity index (χ2n) is 5.48. The number of benzene rings is 2. The zero-order valence-corrected chi connectivity index (χ0v) is 12.8. The van der Waals surface area contributed by atoms with E-state index in [9.17, 15) is 29.6 Å². The van der Waals surface area contributed by atoms with Gasteiger partial charge < -0.3 is 5.11 Å². The molecule has 8 heteroatoms. The molecule has 0 aromatic heterocycles. The van der Waals surface area contributed by atoms with Gasteiger partial charge in [-0.15, -0.1) is 0 Å². The van der Waals surface area contributed by atoms with Gasteiger partial charge in [0.25, 0.3) is 17.5 Å². The Morgan fingerprint density at radius 2 is 1.76 bits per heavy atom. The number of carbonyl (C=O) groups is 3. The second-order valence-corrected chi connectivity index (χ2v) is 5.48. The third-order valence-electron chi connectivity index (χ3n) is 3.99. The number of imide groups is 1. The van der Waals surface area contributed by atoms with Crippen molar-refractivity contribution in [3.63, 3.8) is 0 Å². The number of carbonyl (C=O) groups excluding carboxylic acids is 2. The minimum Gasteiger partial charge on any atom is -0.480 e. The molecule has 1 N–H and O–H groups in total. The molecule has 1 aliphatic rings. The minimum atomic E-state index is -1.45. The molecule has 1 aliphatic heterocycles. The molecule has 0 unspecified atom stereocenters. The van der Waals surface area contributed by atoms with Crippen LogP contribution in [-0.4, -0.2) is 38.8 Å². The number of rotatable bonds is 5. The van der Waals surface area contributed by atoms with Crippen molar-refractivity contribution in [2.45, 2.75) is 12.5 Å². The van der Waals surface area contributed by atoms with Crippen LogP contribution in [0.15, 0.2) is 48.5 Å². The van der Waals surface area contributed by atoms with Crippen molar-refractivity contribution in [1.29, 1.82) is 0 Å². The van der Waals surface area contributed by atoms with Crippen LogP contribution >= 0.6 is 0 Å². The van der Waals surface area contributed by atoms with E-state index in [2.05, 4.69) is 0 Å². The van der Waals surface area contributed by atoms with E-state index < -0.39 is 34.4 Å². The first kappa shape index (κ1) is 16.3. The third-order valence-corrected chi connectivity index (χ3v) is 3.99. The summed E-state index contributed by atoms with van der Waals surface area (Å²) in [5.74, 6) is -3.16. The topological polar surface area (TPSA) is 118 Å². The van der Waals surface area contributed by atoms with E-state index >= 15 is 0 Å². The summed E-state index contributed by atoms with van der Waals surface area (Å²) in [6.07, 6.45) is -0.0879. The molecule has 126 valence electrons. The quantitative estimate of drug-likeness (QED) is 0.504. The van der Waals surface area contributed by atoms with E-state index in [1.165, 1.54) is 12.1 Å². The number of amides is 2. The second kappa shape index (κ2) is 6.16. The van der Waals surface area contributed by atoms with Crippen molar-refractivity contribution >= 4 is 23.5 Å². The van der Waals surface area contributed by atoms with Crippen molar-refractivity contribution in [1.82, 2.24) is 4.90 Å². The standard InChI is InChI=1S/C17H12N2O6/c20-15-11-7-4-8-12(19(24)25)14(11)16(21)18(15)13(17(22)23)9-10-5-2-1-3-6-10/h1-8,13H,9H2,(H,22,23)/t13-/m1/s1. The van der Waals surface area contributed by atoms with Gasteiger partial charge in [0.15, 0.2) is 0 Å². The SMILES string of the molecule is O=C(O)[C@@H](Cc1ccccc1)N1C(=O)c2cccc([N+](=O)[O-])c2C1=O. The van der Waals surface area contributed by atoms with Crippen LogP contribution in [0.5, 0.6) is 0 Å². The van der Waals surface area contributed by atoms with Crippen LogP contribution in [0.4, 0.5) is 5.69 Å². The van der Waals surface area contributed by atoms with Crippen LogP contribution in [0.1, 0.15) is 26.3 Å². The zero-order valence-electron chi connectivity index (χ0n) is 12.8. The molecule has 0 radical (unpaired) electrons. The lowest BCUT2D eigenvalue weighted by atomic mass is 10.0. The van der Waals surface area contributed by atoms with E-state index in [0.717, 1.165) is 6.07 Å². The summed E-state index contributed by atoms with van der Waals surface area (Å²) in [5, 5.41) is 20.6. The number of carboxylic acid groups (broad SMARTS) is 1. The Balaban J connectivity index is 2.03. The van der Waals surface area contributed by atoms with Gasteiger partial charge >= 0.3 is 5.97 Å². The Kier molecular flexibility index (Phi) is 4.02. The Hall–Kier alpha value is -3.55. The molecule has 2 aromatic carbocycles. The monoisotopic (exact) mass is 340 g/mol. The van der Waals surface area contributed by atoms with E-state index in [0.29, 0.717) is 10.5 Å². The molecule has 25 heavy (non-hydrogen) atoms. The van der Waals surface area contributed by atoms with Gasteiger partial charge in [-0.05, 0) is 11.6 Å². The van der Waals surface area contributed by atoms with Gasteiger partial charge in [-0.1, -0.05) is 36.4 Å². The highest BCUT2D eigenvalue weighted by Gasteiger charge is 2.46. The summed E-state index contributed by atoms with van der Waals surface area (Å²) in [5.41, 5.74) is -0.404. The van der Waals surface area contributed by atoms with Gasteiger partial charge in [0.2, 0.25) is 0 Å². The van der Waals surface area contributed by atoms with Crippen LogP contribution in [0.25, 0.3) is 0 Å². The highest BCUT2D eigenvalue weighted by atomic mass is 16.6. The van der Waals surface area contributed by atoms with E-state index in [-0.39, 0.29) is 17.5 Å². The smallest absolute Gasteiger partial charge is 0.327 e. The maximum Gasteiger partial charge on any atom is 0.327 e. The molecule has 1 atom stereocenters.